The maximum absolute atomic E-state index is 13.6. The lowest BCUT2D eigenvalue weighted by Crippen LogP contribution is -2.39. The maximum Gasteiger partial charge on any atom is 0.505 e. The van der Waals surface area contributed by atoms with Crippen molar-refractivity contribution >= 4 is 0 Å². The van der Waals surface area contributed by atoms with E-state index >= 15 is 0 Å². The molecule has 152 valence electrons. The van der Waals surface area contributed by atoms with Crippen LogP contribution in [0.15, 0.2) is 47.4 Å². The Morgan fingerprint density at radius 1 is 1.14 bits per heavy atom. The molecule has 0 aliphatic carbocycles. The highest BCUT2D eigenvalue weighted by atomic mass is 19.4. The lowest BCUT2D eigenvalue weighted by Gasteiger charge is -2.34. The molecule has 3 heterocycles. The van der Waals surface area contributed by atoms with Crippen LogP contribution in [0.2, 0.25) is 0 Å². The second-order valence-corrected chi connectivity index (χ2v) is 6.77. The summed E-state index contributed by atoms with van der Waals surface area (Å²) < 4.78 is 66.5. The Balaban J connectivity index is 1.81. The number of benzene rings is 1. The van der Waals surface area contributed by atoms with E-state index in [9.17, 15) is 26.7 Å². The van der Waals surface area contributed by atoms with Gasteiger partial charge >= 0.3 is 6.30 Å². The van der Waals surface area contributed by atoms with Gasteiger partial charge in [-0.1, -0.05) is 6.07 Å². The van der Waals surface area contributed by atoms with Crippen LogP contribution in [0.25, 0.3) is 0 Å². The first-order valence-corrected chi connectivity index (χ1v) is 8.75. The van der Waals surface area contributed by atoms with Gasteiger partial charge in [0.1, 0.15) is 11.6 Å². The van der Waals surface area contributed by atoms with Crippen molar-refractivity contribution in [2.45, 2.75) is 25.3 Å². The Labute approximate surface area is 161 Å². The van der Waals surface area contributed by atoms with Crippen LogP contribution < -0.4 is 5.56 Å². The van der Waals surface area contributed by atoms with E-state index in [1.807, 2.05) is 0 Å². The smallest absolute Gasteiger partial charge is 0.292 e. The summed E-state index contributed by atoms with van der Waals surface area (Å²) in [6.07, 6.45) is -3.27. The molecule has 1 aliphatic heterocycles. The molecule has 1 aromatic carbocycles. The van der Waals surface area contributed by atoms with Gasteiger partial charge in [-0.3, -0.25) is 19.8 Å². The summed E-state index contributed by atoms with van der Waals surface area (Å²) in [6.45, 7) is 0.302. The number of fused-ring (bicyclic) bond motifs is 1. The first-order chi connectivity index (χ1) is 13.7. The summed E-state index contributed by atoms with van der Waals surface area (Å²) in [5.41, 5.74) is -0.429. The Morgan fingerprint density at radius 3 is 2.48 bits per heavy atom. The van der Waals surface area contributed by atoms with Crippen LogP contribution in [-0.4, -0.2) is 26.2 Å². The Bertz CT molecular complexity index is 1070. The molecule has 1 unspecified atom stereocenters. The van der Waals surface area contributed by atoms with Gasteiger partial charge in [-0.25, -0.2) is 8.78 Å². The fourth-order valence-corrected chi connectivity index (χ4v) is 3.69. The number of hydrogen-bond acceptors (Lipinski definition) is 3. The summed E-state index contributed by atoms with van der Waals surface area (Å²) in [5, 5.41) is 2.15. The highest BCUT2D eigenvalue weighted by molar-refractivity contribution is 5.33. The molecule has 0 spiro atoms. The zero-order valence-electron chi connectivity index (χ0n) is 14.9. The third-order valence-corrected chi connectivity index (χ3v) is 4.82. The molecule has 3 aromatic rings. The minimum atomic E-state index is -4.89. The molecular formula is C19H15F5N4O. The number of H-pyrrole nitrogens is 1. The molecule has 5 nitrogen and oxygen atoms in total. The number of aromatic nitrogens is 3. The molecule has 0 fully saturated rings. The van der Waals surface area contributed by atoms with Gasteiger partial charge in [0.05, 0.1) is 17.3 Å². The van der Waals surface area contributed by atoms with E-state index in [1.165, 1.54) is 6.20 Å². The predicted octanol–water partition coefficient (Wildman–Crippen LogP) is 3.47. The molecule has 10 heteroatoms. The average molecular weight is 410 g/mol. The van der Waals surface area contributed by atoms with Crippen molar-refractivity contribution in [3.63, 3.8) is 0 Å². The Morgan fingerprint density at radius 2 is 1.86 bits per heavy atom. The normalized spacial score (nSPS) is 17.3. The van der Waals surface area contributed by atoms with Crippen LogP contribution in [0, 0.1) is 11.6 Å². The molecule has 1 aliphatic rings. The highest BCUT2D eigenvalue weighted by Gasteiger charge is 2.40. The van der Waals surface area contributed by atoms with Crippen molar-refractivity contribution in [1.29, 1.82) is 0 Å². The second-order valence-electron chi connectivity index (χ2n) is 6.77. The van der Waals surface area contributed by atoms with Crippen molar-refractivity contribution in [2.24, 2.45) is 0 Å². The van der Waals surface area contributed by atoms with Crippen LogP contribution in [0.3, 0.4) is 0 Å². The van der Waals surface area contributed by atoms with Crippen LogP contribution in [-0.2, 0) is 19.3 Å². The van der Waals surface area contributed by atoms with Crippen LogP contribution in [0.4, 0.5) is 22.0 Å². The standard InChI is InChI=1S/C19H15F5N4O/c20-12-7-11(8-13(21)9-12)10-27-6-4-14-16(17(27)15-3-1-2-5-25-15)18(29)28(26-14)19(22,23)24/h1-3,5,7-9,17,26H,4,6,10H2. The lowest BCUT2D eigenvalue weighted by molar-refractivity contribution is -0.214. The van der Waals surface area contributed by atoms with Gasteiger partial charge in [-0.15, -0.1) is 13.2 Å². The minimum absolute atomic E-state index is 0.0337. The number of nitrogens with zero attached hydrogens (tertiary/aromatic N) is 3. The zero-order chi connectivity index (χ0) is 20.8. The first-order valence-electron chi connectivity index (χ1n) is 8.75. The summed E-state index contributed by atoms with van der Waals surface area (Å²) in [6, 6.07) is 7.05. The van der Waals surface area contributed by atoms with Crippen LogP contribution >= 0.6 is 0 Å². The molecule has 0 bridgehead atoms. The van der Waals surface area contributed by atoms with Gasteiger partial charge in [-0.2, -0.15) is 4.68 Å². The van der Waals surface area contributed by atoms with Crippen molar-refractivity contribution in [2.75, 3.05) is 6.54 Å². The largest absolute Gasteiger partial charge is 0.505 e. The SMILES string of the molecule is O=c1c2c([nH]n1C(F)(F)F)CCN(Cc1cc(F)cc(F)c1)C2c1ccccn1. The lowest BCUT2D eigenvalue weighted by atomic mass is 9.95. The number of pyridine rings is 1. The third-order valence-electron chi connectivity index (χ3n) is 4.82. The molecule has 29 heavy (non-hydrogen) atoms. The summed E-state index contributed by atoms with van der Waals surface area (Å²) in [7, 11) is 0. The third kappa shape index (κ3) is 3.67. The van der Waals surface area contributed by atoms with E-state index in [2.05, 4.69) is 10.1 Å². The summed E-state index contributed by atoms with van der Waals surface area (Å²) in [5.74, 6) is -1.51. The number of halogens is 5. The Kier molecular flexibility index (Phi) is 4.73. The van der Waals surface area contributed by atoms with Crippen molar-refractivity contribution < 1.29 is 22.0 Å². The monoisotopic (exact) mass is 410 g/mol. The molecule has 1 atom stereocenters. The number of hydrogen-bond donors (Lipinski definition) is 1. The molecule has 2 aromatic heterocycles. The van der Waals surface area contributed by atoms with E-state index in [1.54, 1.807) is 23.1 Å². The fraction of sp³-hybridized carbons (Fsp3) is 0.263. The van der Waals surface area contributed by atoms with Crippen molar-refractivity contribution in [3.05, 3.63) is 87.1 Å². The van der Waals surface area contributed by atoms with Gasteiger partial charge < -0.3 is 0 Å². The summed E-state index contributed by atoms with van der Waals surface area (Å²) in [4.78, 5) is 18.5. The molecule has 0 amide bonds. The highest BCUT2D eigenvalue weighted by Crippen LogP contribution is 2.34. The molecule has 0 saturated heterocycles. The van der Waals surface area contributed by atoms with E-state index in [0.717, 1.165) is 18.2 Å². The molecular weight excluding hydrogens is 395 g/mol. The predicted molar refractivity (Wildman–Crippen MR) is 92.9 cm³/mol. The van der Waals surface area contributed by atoms with Gasteiger partial charge in [0.25, 0.3) is 5.56 Å². The topological polar surface area (TPSA) is 53.9 Å². The van der Waals surface area contributed by atoms with Crippen LogP contribution in [0.1, 0.15) is 28.6 Å². The average Bonchev–Trinajstić information content (AvgIpc) is 2.99. The molecule has 0 radical (unpaired) electrons. The number of nitrogens with one attached hydrogen (secondary N) is 1. The second kappa shape index (κ2) is 7.11. The van der Waals surface area contributed by atoms with Crippen LogP contribution in [0.5, 0.6) is 0 Å². The number of aromatic amines is 1. The molecule has 1 N–H and O–H groups in total. The van der Waals surface area contributed by atoms with E-state index in [0.29, 0.717) is 11.3 Å². The molecule has 0 saturated carbocycles. The van der Waals surface area contributed by atoms with Gasteiger partial charge in [-0.05, 0) is 29.8 Å². The maximum atomic E-state index is 13.6. The quantitative estimate of drug-likeness (QED) is 0.673. The van der Waals surface area contributed by atoms with Gasteiger partial charge in [0.15, 0.2) is 0 Å². The molecule has 4 rings (SSSR count). The zero-order valence-corrected chi connectivity index (χ0v) is 14.9. The minimum Gasteiger partial charge on any atom is -0.292 e. The fourth-order valence-electron chi connectivity index (χ4n) is 3.69. The van der Waals surface area contributed by atoms with E-state index in [4.69, 9.17) is 0 Å². The summed E-state index contributed by atoms with van der Waals surface area (Å²) >= 11 is 0. The first kappa shape index (κ1) is 19.3. The Hall–Kier alpha value is -3.01. The van der Waals surface area contributed by atoms with Gasteiger partial charge in [0.2, 0.25) is 0 Å². The van der Waals surface area contributed by atoms with E-state index < -0.39 is 29.5 Å². The number of alkyl halides is 3. The van der Waals surface area contributed by atoms with E-state index in [-0.39, 0.29) is 35.4 Å². The van der Waals surface area contributed by atoms with Crippen molar-refractivity contribution in [1.82, 2.24) is 19.7 Å². The van der Waals surface area contributed by atoms with Crippen molar-refractivity contribution in [3.8, 4) is 0 Å². The van der Waals surface area contributed by atoms with Gasteiger partial charge in [0, 0.05) is 37.5 Å². The number of rotatable bonds is 3.